The molecule has 194 valence electrons. The summed E-state index contributed by atoms with van der Waals surface area (Å²) in [4.78, 5) is 23.5. The van der Waals surface area contributed by atoms with Gasteiger partial charge in [-0.2, -0.15) is 4.98 Å². The van der Waals surface area contributed by atoms with Gasteiger partial charge in [0.25, 0.3) is 0 Å². The van der Waals surface area contributed by atoms with E-state index in [1.165, 1.54) is 18.2 Å². The Bertz CT molecular complexity index is 1290. The van der Waals surface area contributed by atoms with Crippen LogP contribution in [0.25, 0.3) is 17.2 Å². The SMILES string of the molecule is CCOC(=O)/C=C/c1cccc(-c2cnc(Nc3ccc(F)c(Cl)c3)nc2N2CC(C)OCC2CC)c1. The van der Waals surface area contributed by atoms with Gasteiger partial charge in [-0.3, -0.25) is 0 Å². The zero-order valence-corrected chi connectivity index (χ0v) is 21.8. The van der Waals surface area contributed by atoms with E-state index in [0.717, 1.165) is 28.9 Å². The van der Waals surface area contributed by atoms with Crippen molar-refractivity contribution in [3.8, 4) is 11.1 Å². The number of nitrogens with zero attached hydrogens (tertiary/aromatic N) is 3. The molecule has 0 radical (unpaired) electrons. The number of benzene rings is 2. The van der Waals surface area contributed by atoms with Gasteiger partial charge in [-0.1, -0.05) is 36.7 Å². The summed E-state index contributed by atoms with van der Waals surface area (Å²) in [5, 5.41) is 3.15. The van der Waals surface area contributed by atoms with E-state index in [2.05, 4.69) is 22.1 Å². The maximum atomic E-state index is 13.6. The van der Waals surface area contributed by atoms with Crippen LogP contribution in [0.2, 0.25) is 5.02 Å². The molecule has 0 spiro atoms. The van der Waals surface area contributed by atoms with Crippen LogP contribution in [0.5, 0.6) is 0 Å². The lowest BCUT2D eigenvalue weighted by molar-refractivity contribution is -0.137. The molecule has 3 aromatic rings. The Kier molecular flexibility index (Phi) is 8.74. The van der Waals surface area contributed by atoms with Crippen molar-refractivity contribution in [3.63, 3.8) is 0 Å². The normalized spacial score (nSPS) is 17.7. The van der Waals surface area contributed by atoms with E-state index in [9.17, 15) is 9.18 Å². The van der Waals surface area contributed by atoms with Gasteiger partial charge in [-0.05, 0) is 61.7 Å². The average molecular weight is 525 g/mol. The molecular weight excluding hydrogens is 495 g/mol. The van der Waals surface area contributed by atoms with E-state index in [0.29, 0.717) is 31.4 Å². The molecule has 7 nitrogen and oxygen atoms in total. The summed E-state index contributed by atoms with van der Waals surface area (Å²) in [6, 6.07) is 12.3. The molecule has 1 fully saturated rings. The molecule has 2 atom stereocenters. The van der Waals surface area contributed by atoms with Crippen LogP contribution < -0.4 is 10.2 Å². The first-order chi connectivity index (χ1) is 17.9. The molecule has 1 aromatic heterocycles. The van der Waals surface area contributed by atoms with Crippen molar-refractivity contribution in [2.24, 2.45) is 0 Å². The second-order valence-electron chi connectivity index (χ2n) is 8.75. The van der Waals surface area contributed by atoms with Crippen LogP contribution in [0.3, 0.4) is 0 Å². The van der Waals surface area contributed by atoms with Gasteiger partial charge in [-0.15, -0.1) is 0 Å². The Morgan fingerprint density at radius 2 is 2.14 bits per heavy atom. The zero-order valence-electron chi connectivity index (χ0n) is 21.1. The number of anilines is 3. The number of morpholine rings is 1. The van der Waals surface area contributed by atoms with E-state index >= 15 is 0 Å². The quantitative estimate of drug-likeness (QED) is 0.275. The minimum Gasteiger partial charge on any atom is -0.463 e. The molecule has 4 rings (SSSR count). The molecule has 2 heterocycles. The Morgan fingerprint density at radius 1 is 1.30 bits per heavy atom. The highest BCUT2D eigenvalue weighted by Gasteiger charge is 2.29. The second-order valence-corrected chi connectivity index (χ2v) is 9.16. The molecule has 9 heteroatoms. The summed E-state index contributed by atoms with van der Waals surface area (Å²) >= 11 is 5.96. The number of ether oxygens (including phenoxy) is 2. The highest BCUT2D eigenvalue weighted by molar-refractivity contribution is 6.31. The molecule has 1 aliphatic rings. The number of carbonyl (C=O) groups is 1. The van der Waals surface area contributed by atoms with Gasteiger partial charge in [0.2, 0.25) is 5.95 Å². The largest absolute Gasteiger partial charge is 0.463 e. The second kappa shape index (κ2) is 12.2. The Morgan fingerprint density at radius 3 is 2.89 bits per heavy atom. The number of hydrogen-bond donors (Lipinski definition) is 1. The smallest absolute Gasteiger partial charge is 0.330 e. The van der Waals surface area contributed by atoms with Gasteiger partial charge < -0.3 is 19.7 Å². The van der Waals surface area contributed by atoms with Crippen molar-refractivity contribution >= 4 is 41.1 Å². The monoisotopic (exact) mass is 524 g/mol. The molecule has 0 amide bonds. The third-order valence-electron chi connectivity index (χ3n) is 6.05. The lowest BCUT2D eigenvalue weighted by Gasteiger charge is -2.40. The first kappa shape index (κ1) is 26.6. The van der Waals surface area contributed by atoms with Crippen molar-refractivity contribution in [1.29, 1.82) is 0 Å². The predicted octanol–water partition coefficient (Wildman–Crippen LogP) is 6.26. The fraction of sp³-hybridized carbons (Fsp3) is 0.321. The molecular formula is C28H30ClFN4O3. The summed E-state index contributed by atoms with van der Waals surface area (Å²) in [6.45, 7) is 7.53. The number of hydrogen-bond acceptors (Lipinski definition) is 7. The first-order valence-corrected chi connectivity index (χ1v) is 12.7. The molecule has 2 aromatic carbocycles. The number of carbonyl (C=O) groups excluding carboxylic acids is 1. The van der Waals surface area contributed by atoms with Gasteiger partial charge in [0.15, 0.2) is 0 Å². The molecule has 0 bridgehead atoms. The van der Waals surface area contributed by atoms with Crippen LogP contribution >= 0.6 is 11.6 Å². The minimum atomic E-state index is -0.492. The van der Waals surface area contributed by atoms with E-state index in [-0.39, 0.29) is 23.1 Å². The summed E-state index contributed by atoms with van der Waals surface area (Å²) in [5.41, 5.74) is 3.19. The third kappa shape index (κ3) is 6.64. The molecule has 1 saturated heterocycles. The third-order valence-corrected chi connectivity index (χ3v) is 6.34. The Balaban J connectivity index is 1.74. The van der Waals surface area contributed by atoms with E-state index in [1.807, 2.05) is 31.2 Å². The van der Waals surface area contributed by atoms with Crippen LogP contribution in [0.15, 0.2) is 54.7 Å². The fourth-order valence-corrected chi connectivity index (χ4v) is 4.35. The highest BCUT2D eigenvalue weighted by Crippen LogP contribution is 2.34. The maximum Gasteiger partial charge on any atom is 0.330 e. The lowest BCUT2D eigenvalue weighted by Crippen LogP contribution is -2.49. The van der Waals surface area contributed by atoms with Crippen LogP contribution in [-0.2, 0) is 14.3 Å². The maximum absolute atomic E-state index is 13.6. The number of halogens is 2. The number of aromatic nitrogens is 2. The zero-order chi connectivity index (χ0) is 26.4. The minimum absolute atomic E-state index is 0.0163. The van der Waals surface area contributed by atoms with Crippen molar-refractivity contribution in [1.82, 2.24) is 9.97 Å². The standard InChI is InChI=1S/C28H30ClFN4O3/c1-4-22-17-37-18(3)16-34(22)27-23(20-8-6-7-19(13-20)9-12-26(35)36-5-2)15-31-28(33-27)32-21-10-11-25(30)24(29)14-21/h6-15,18,22H,4-5,16-17H2,1-3H3,(H,31,32,33)/b12-9+. The first-order valence-electron chi connectivity index (χ1n) is 12.3. The Labute approximate surface area is 221 Å². The molecule has 0 aliphatic carbocycles. The van der Waals surface area contributed by atoms with Gasteiger partial charge in [0, 0.05) is 30.1 Å². The summed E-state index contributed by atoms with van der Waals surface area (Å²) < 4.78 is 24.5. The van der Waals surface area contributed by atoms with Crippen LogP contribution in [0.1, 0.15) is 32.8 Å². The molecule has 1 aliphatic heterocycles. The van der Waals surface area contributed by atoms with Gasteiger partial charge in [0.05, 0.1) is 30.4 Å². The predicted molar refractivity (Wildman–Crippen MR) is 145 cm³/mol. The molecule has 37 heavy (non-hydrogen) atoms. The summed E-state index contributed by atoms with van der Waals surface area (Å²) in [7, 11) is 0. The van der Waals surface area contributed by atoms with Crippen molar-refractivity contribution < 1.29 is 18.7 Å². The van der Waals surface area contributed by atoms with E-state index < -0.39 is 5.82 Å². The van der Waals surface area contributed by atoms with Gasteiger partial charge >= 0.3 is 5.97 Å². The van der Waals surface area contributed by atoms with Crippen molar-refractivity contribution in [2.45, 2.75) is 39.3 Å². The average Bonchev–Trinajstić information content (AvgIpc) is 2.90. The molecule has 1 N–H and O–H groups in total. The number of esters is 1. The summed E-state index contributed by atoms with van der Waals surface area (Å²) in [6.07, 6.45) is 5.84. The van der Waals surface area contributed by atoms with Crippen LogP contribution in [0.4, 0.5) is 21.8 Å². The Hall–Kier alpha value is -3.49. The fourth-order valence-electron chi connectivity index (χ4n) is 4.16. The topological polar surface area (TPSA) is 76.6 Å². The van der Waals surface area contributed by atoms with Gasteiger partial charge in [0.1, 0.15) is 11.6 Å². The number of rotatable bonds is 8. The van der Waals surface area contributed by atoms with E-state index in [4.69, 9.17) is 26.1 Å². The van der Waals surface area contributed by atoms with Crippen LogP contribution in [0, 0.1) is 5.82 Å². The molecule has 0 saturated carbocycles. The highest BCUT2D eigenvalue weighted by atomic mass is 35.5. The van der Waals surface area contributed by atoms with Gasteiger partial charge in [-0.25, -0.2) is 14.2 Å². The lowest BCUT2D eigenvalue weighted by atomic mass is 10.0. The molecule has 2 unspecified atom stereocenters. The number of nitrogens with one attached hydrogen (secondary N) is 1. The summed E-state index contributed by atoms with van der Waals surface area (Å²) in [5.74, 6) is 0.253. The van der Waals surface area contributed by atoms with Crippen LogP contribution in [-0.4, -0.2) is 47.8 Å². The van der Waals surface area contributed by atoms with Crippen molar-refractivity contribution in [3.05, 3.63) is 71.1 Å². The van der Waals surface area contributed by atoms with Crippen molar-refractivity contribution in [2.75, 3.05) is 30.0 Å². The van der Waals surface area contributed by atoms with E-state index in [1.54, 1.807) is 25.3 Å².